The van der Waals surface area contributed by atoms with Gasteiger partial charge in [-0.05, 0) is 29.7 Å². The third-order valence-electron chi connectivity index (χ3n) is 3.88. The van der Waals surface area contributed by atoms with Gasteiger partial charge in [-0.3, -0.25) is 10.1 Å². The van der Waals surface area contributed by atoms with Crippen molar-refractivity contribution < 1.29 is 4.92 Å². The quantitative estimate of drug-likeness (QED) is 0.691. The predicted molar refractivity (Wildman–Crippen MR) is 83.8 cm³/mol. The summed E-state index contributed by atoms with van der Waals surface area (Å²) in [5.74, 6) is 0. The zero-order valence-electron chi connectivity index (χ0n) is 11.9. The number of nitrogens with zero attached hydrogens (tertiary/aromatic N) is 2. The summed E-state index contributed by atoms with van der Waals surface area (Å²) in [6, 6.07) is 13.7. The first-order chi connectivity index (χ1) is 10.2. The first-order valence-corrected chi connectivity index (χ1v) is 6.97. The summed E-state index contributed by atoms with van der Waals surface area (Å²) in [5.41, 5.74) is 4.38. The molecular formula is C16H17N3O2. The van der Waals surface area contributed by atoms with E-state index in [0.29, 0.717) is 5.69 Å². The minimum Gasteiger partial charge on any atom is -0.383 e. The van der Waals surface area contributed by atoms with Crippen molar-refractivity contribution in [2.45, 2.75) is 13.0 Å². The Bertz CT molecular complexity index is 685. The fourth-order valence-electron chi connectivity index (χ4n) is 2.83. The monoisotopic (exact) mass is 283 g/mol. The van der Waals surface area contributed by atoms with Crippen LogP contribution < -0.4 is 10.2 Å². The normalized spacial score (nSPS) is 13.1. The van der Waals surface area contributed by atoms with E-state index in [9.17, 15) is 10.1 Å². The van der Waals surface area contributed by atoms with E-state index in [-0.39, 0.29) is 10.6 Å². The van der Waals surface area contributed by atoms with E-state index >= 15 is 0 Å². The van der Waals surface area contributed by atoms with E-state index in [1.807, 2.05) is 18.2 Å². The first-order valence-electron chi connectivity index (χ1n) is 6.97. The van der Waals surface area contributed by atoms with Crippen molar-refractivity contribution in [3.8, 4) is 0 Å². The smallest absolute Gasteiger partial charge is 0.292 e. The molecule has 3 rings (SSSR count). The molecule has 2 aromatic rings. The van der Waals surface area contributed by atoms with Gasteiger partial charge in [-0.2, -0.15) is 0 Å². The lowest BCUT2D eigenvalue weighted by Crippen LogP contribution is -2.19. The Labute approximate surface area is 123 Å². The van der Waals surface area contributed by atoms with Crippen LogP contribution in [0.1, 0.15) is 11.1 Å². The van der Waals surface area contributed by atoms with E-state index in [4.69, 9.17) is 0 Å². The van der Waals surface area contributed by atoms with Crippen LogP contribution in [0.15, 0.2) is 42.5 Å². The number of hydrogen-bond acceptors (Lipinski definition) is 4. The van der Waals surface area contributed by atoms with Crippen LogP contribution in [-0.4, -0.2) is 18.5 Å². The molecule has 0 amide bonds. The number of benzene rings is 2. The molecule has 0 saturated carbocycles. The average molecular weight is 283 g/mol. The Hall–Kier alpha value is -2.56. The van der Waals surface area contributed by atoms with Gasteiger partial charge < -0.3 is 10.2 Å². The van der Waals surface area contributed by atoms with Gasteiger partial charge in [-0.1, -0.05) is 24.3 Å². The molecule has 0 saturated heterocycles. The fraction of sp³-hybridized carbons (Fsp3) is 0.250. The number of para-hydroxylation sites is 1. The van der Waals surface area contributed by atoms with Crippen molar-refractivity contribution in [3.05, 3.63) is 63.7 Å². The average Bonchev–Trinajstić information content (AvgIpc) is 2.90. The number of anilines is 2. The summed E-state index contributed by atoms with van der Waals surface area (Å²) in [4.78, 5) is 12.9. The highest BCUT2D eigenvalue weighted by Crippen LogP contribution is 2.30. The van der Waals surface area contributed by atoms with Crippen LogP contribution in [0, 0.1) is 10.1 Å². The van der Waals surface area contributed by atoms with Crippen molar-refractivity contribution in [2.75, 3.05) is 23.8 Å². The van der Waals surface area contributed by atoms with Crippen molar-refractivity contribution in [3.63, 3.8) is 0 Å². The van der Waals surface area contributed by atoms with Gasteiger partial charge in [-0.25, -0.2) is 0 Å². The van der Waals surface area contributed by atoms with Crippen molar-refractivity contribution in [1.29, 1.82) is 0 Å². The molecule has 108 valence electrons. The van der Waals surface area contributed by atoms with Gasteiger partial charge in [0.05, 0.1) is 4.92 Å². The van der Waals surface area contributed by atoms with Gasteiger partial charge in [0.2, 0.25) is 0 Å². The predicted octanol–water partition coefficient (Wildman–Crippen LogP) is 3.20. The Morgan fingerprint density at radius 1 is 1.29 bits per heavy atom. The maximum Gasteiger partial charge on any atom is 0.292 e. The number of nitrogens with one attached hydrogen (secondary N) is 1. The van der Waals surface area contributed by atoms with E-state index in [0.717, 1.165) is 25.1 Å². The molecule has 5 heteroatoms. The molecule has 1 heterocycles. The molecule has 0 unspecified atom stereocenters. The molecular weight excluding hydrogens is 266 g/mol. The molecule has 2 aromatic carbocycles. The zero-order chi connectivity index (χ0) is 14.8. The van der Waals surface area contributed by atoms with E-state index in [1.165, 1.54) is 11.3 Å². The maximum absolute atomic E-state index is 11.0. The lowest BCUT2D eigenvalue weighted by molar-refractivity contribution is -0.383. The Kier molecular flexibility index (Phi) is 3.48. The minimum atomic E-state index is -0.360. The molecule has 1 aliphatic heterocycles. The summed E-state index contributed by atoms with van der Waals surface area (Å²) in [5, 5.41) is 13.9. The largest absolute Gasteiger partial charge is 0.383 e. The SMILES string of the molecule is CNc1cc(CN2CCc3ccccc32)ccc1[N+](=O)[O-]. The van der Waals surface area contributed by atoms with Crippen LogP contribution in [0.2, 0.25) is 0 Å². The number of hydrogen-bond donors (Lipinski definition) is 1. The Morgan fingerprint density at radius 2 is 2.10 bits per heavy atom. The third-order valence-corrected chi connectivity index (χ3v) is 3.88. The van der Waals surface area contributed by atoms with Crippen LogP contribution >= 0.6 is 0 Å². The number of nitro groups is 1. The van der Waals surface area contributed by atoms with Gasteiger partial charge in [-0.15, -0.1) is 0 Å². The van der Waals surface area contributed by atoms with Gasteiger partial charge in [0, 0.05) is 31.9 Å². The highest BCUT2D eigenvalue weighted by Gasteiger charge is 2.19. The molecule has 1 N–H and O–H groups in total. The lowest BCUT2D eigenvalue weighted by Gasteiger charge is -2.19. The Morgan fingerprint density at radius 3 is 2.86 bits per heavy atom. The van der Waals surface area contributed by atoms with E-state index < -0.39 is 0 Å². The second-order valence-electron chi connectivity index (χ2n) is 5.16. The summed E-state index contributed by atoms with van der Waals surface area (Å²) in [6.07, 6.45) is 1.06. The molecule has 1 aliphatic rings. The van der Waals surface area contributed by atoms with E-state index in [2.05, 4.69) is 28.4 Å². The highest BCUT2D eigenvalue weighted by molar-refractivity contribution is 5.63. The molecule has 0 aromatic heterocycles. The topological polar surface area (TPSA) is 58.4 Å². The lowest BCUT2D eigenvalue weighted by atomic mass is 10.1. The zero-order valence-corrected chi connectivity index (χ0v) is 11.9. The van der Waals surface area contributed by atoms with Gasteiger partial charge in [0.25, 0.3) is 5.69 Å². The second-order valence-corrected chi connectivity index (χ2v) is 5.16. The van der Waals surface area contributed by atoms with Gasteiger partial charge in [0.15, 0.2) is 0 Å². The molecule has 0 fully saturated rings. The van der Waals surface area contributed by atoms with Crippen LogP contribution in [0.5, 0.6) is 0 Å². The van der Waals surface area contributed by atoms with Crippen molar-refractivity contribution in [2.24, 2.45) is 0 Å². The third kappa shape index (κ3) is 2.54. The van der Waals surface area contributed by atoms with Gasteiger partial charge in [0.1, 0.15) is 5.69 Å². The van der Waals surface area contributed by atoms with Crippen LogP contribution in [0.25, 0.3) is 0 Å². The number of nitro benzene ring substituents is 1. The molecule has 0 atom stereocenters. The van der Waals surface area contributed by atoms with E-state index in [1.54, 1.807) is 13.1 Å². The first kappa shape index (κ1) is 13.4. The highest BCUT2D eigenvalue weighted by atomic mass is 16.6. The molecule has 0 aliphatic carbocycles. The molecule has 21 heavy (non-hydrogen) atoms. The van der Waals surface area contributed by atoms with Gasteiger partial charge >= 0.3 is 0 Å². The standard InChI is InChI=1S/C16H17N3O2/c1-17-14-10-12(6-7-16(14)19(20)21)11-18-9-8-13-4-2-3-5-15(13)18/h2-7,10,17H,8-9,11H2,1H3. The molecule has 0 bridgehead atoms. The summed E-state index contributed by atoms with van der Waals surface area (Å²) in [6.45, 7) is 1.76. The van der Waals surface area contributed by atoms with Crippen LogP contribution in [0.4, 0.5) is 17.1 Å². The van der Waals surface area contributed by atoms with Crippen molar-refractivity contribution >= 4 is 17.1 Å². The summed E-state index contributed by atoms with van der Waals surface area (Å²) in [7, 11) is 1.71. The second kappa shape index (κ2) is 5.44. The summed E-state index contributed by atoms with van der Waals surface area (Å²) < 4.78 is 0. The number of rotatable bonds is 4. The van der Waals surface area contributed by atoms with Crippen LogP contribution in [0.3, 0.4) is 0 Å². The molecule has 0 radical (unpaired) electrons. The molecule has 5 nitrogen and oxygen atoms in total. The Balaban J connectivity index is 1.85. The number of fused-ring (bicyclic) bond motifs is 1. The van der Waals surface area contributed by atoms with Crippen molar-refractivity contribution in [1.82, 2.24) is 0 Å². The fourth-order valence-corrected chi connectivity index (χ4v) is 2.83. The summed E-state index contributed by atoms with van der Waals surface area (Å²) >= 11 is 0. The molecule has 0 spiro atoms. The maximum atomic E-state index is 11.0. The minimum absolute atomic E-state index is 0.114. The van der Waals surface area contributed by atoms with Crippen LogP contribution in [-0.2, 0) is 13.0 Å².